The maximum atomic E-state index is 3.52. The van der Waals surface area contributed by atoms with Gasteiger partial charge in [0.2, 0.25) is 0 Å². The van der Waals surface area contributed by atoms with Crippen molar-refractivity contribution in [3.63, 3.8) is 0 Å². The van der Waals surface area contributed by atoms with Crippen molar-refractivity contribution in [2.24, 2.45) is 0 Å². The van der Waals surface area contributed by atoms with E-state index in [1.165, 1.54) is 35.8 Å². The second-order valence-electron chi connectivity index (χ2n) is 4.74. The van der Waals surface area contributed by atoms with Crippen molar-refractivity contribution in [1.82, 2.24) is 5.32 Å². The summed E-state index contributed by atoms with van der Waals surface area (Å²) in [4.78, 5) is 0. The molecule has 2 aromatic carbocycles. The zero-order valence-electron chi connectivity index (χ0n) is 9.95. The summed E-state index contributed by atoms with van der Waals surface area (Å²) in [6.45, 7) is 2.20. The normalized spacial score (nSPS) is 19.6. The quantitative estimate of drug-likeness (QED) is 0.840. The summed E-state index contributed by atoms with van der Waals surface area (Å²) in [5.41, 5.74) is 1.22. The van der Waals surface area contributed by atoms with Gasteiger partial charge in [0.1, 0.15) is 0 Å². The fraction of sp³-hybridized carbons (Fsp3) is 0.333. The van der Waals surface area contributed by atoms with Crippen molar-refractivity contribution in [3.05, 3.63) is 42.5 Å². The molecule has 1 saturated heterocycles. The standard InChI is InChI=1S/C15H18N2/c1-2-5-13-10-14(8-7-12(13)4-1)17-11-15-6-3-9-16-15/h1-2,4-5,7-8,10,15-17H,3,6,9,11H2/t15-/m1/s1. The summed E-state index contributed by atoms with van der Waals surface area (Å²) in [5, 5.41) is 9.62. The van der Waals surface area contributed by atoms with Gasteiger partial charge < -0.3 is 10.6 Å². The second-order valence-corrected chi connectivity index (χ2v) is 4.74. The Bertz CT molecular complexity index is 501. The monoisotopic (exact) mass is 226 g/mol. The van der Waals surface area contributed by atoms with Crippen molar-refractivity contribution < 1.29 is 0 Å². The molecular formula is C15H18N2. The average Bonchev–Trinajstić information content (AvgIpc) is 2.89. The van der Waals surface area contributed by atoms with Crippen molar-refractivity contribution in [3.8, 4) is 0 Å². The molecular weight excluding hydrogens is 208 g/mol. The highest BCUT2D eigenvalue weighted by atomic mass is 15.0. The van der Waals surface area contributed by atoms with Gasteiger partial charge in [-0.2, -0.15) is 0 Å². The largest absolute Gasteiger partial charge is 0.383 e. The van der Waals surface area contributed by atoms with E-state index < -0.39 is 0 Å². The number of nitrogens with one attached hydrogen (secondary N) is 2. The number of benzene rings is 2. The lowest BCUT2D eigenvalue weighted by molar-refractivity contribution is 0.633. The van der Waals surface area contributed by atoms with Crippen molar-refractivity contribution in [2.75, 3.05) is 18.4 Å². The summed E-state index contributed by atoms with van der Waals surface area (Å²) in [6.07, 6.45) is 2.60. The van der Waals surface area contributed by atoms with E-state index in [9.17, 15) is 0 Å². The minimum atomic E-state index is 0.640. The third-order valence-corrected chi connectivity index (χ3v) is 3.46. The SMILES string of the molecule is c1ccc2cc(NC[C@H]3CCCN3)ccc2c1. The summed E-state index contributed by atoms with van der Waals surface area (Å²) in [5.74, 6) is 0. The Morgan fingerprint density at radius 3 is 2.82 bits per heavy atom. The van der Waals surface area contributed by atoms with E-state index in [-0.39, 0.29) is 0 Å². The van der Waals surface area contributed by atoms with Crippen LogP contribution in [0.15, 0.2) is 42.5 Å². The lowest BCUT2D eigenvalue weighted by Crippen LogP contribution is -2.29. The van der Waals surface area contributed by atoms with Crippen molar-refractivity contribution in [1.29, 1.82) is 0 Å². The van der Waals surface area contributed by atoms with Gasteiger partial charge in [-0.3, -0.25) is 0 Å². The fourth-order valence-electron chi connectivity index (χ4n) is 2.47. The molecule has 0 aliphatic carbocycles. The van der Waals surface area contributed by atoms with Gasteiger partial charge in [0.25, 0.3) is 0 Å². The number of hydrogen-bond donors (Lipinski definition) is 2. The van der Waals surface area contributed by atoms with Crippen LogP contribution in [0.2, 0.25) is 0 Å². The minimum absolute atomic E-state index is 0.640. The van der Waals surface area contributed by atoms with Gasteiger partial charge >= 0.3 is 0 Å². The molecule has 1 fully saturated rings. The van der Waals surface area contributed by atoms with Crippen LogP contribution in [-0.2, 0) is 0 Å². The predicted molar refractivity (Wildman–Crippen MR) is 73.5 cm³/mol. The first-order chi connectivity index (χ1) is 8.42. The predicted octanol–water partition coefficient (Wildman–Crippen LogP) is 3.00. The van der Waals surface area contributed by atoms with Crippen LogP contribution >= 0.6 is 0 Å². The molecule has 0 radical (unpaired) electrons. The smallest absolute Gasteiger partial charge is 0.0347 e. The Morgan fingerprint density at radius 1 is 1.12 bits per heavy atom. The number of hydrogen-bond acceptors (Lipinski definition) is 2. The molecule has 2 aromatic rings. The van der Waals surface area contributed by atoms with Gasteiger partial charge in [-0.25, -0.2) is 0 Å². The van der Waals surface area contributed by atoms with Crippen LogP contribution in [0.4, 0.5) is 5.69 Å². The van der Waals surface area contributed by atoms with Crippen LogP contribution < -0.4 is 10.6 Å². The summed E-state index contributed by atoms with van der Waals surface area (Å²) in [6, 6.07) is 15.7. The molecule has 2 nitrogen and oxygen atoms in total. The molecule has 0 amide bonds. The molecule has 1 aliphatic rings. The first-order valence-electron chi connectivity index (χ1n) is 6.38. The van der Waals surface area contributed by atoms with E-state index in [2.05, 4.69) is 53.1 Å². The molecule has 0 unspecified atom stereocenters. The lowest BCUT2D eigenvalue weighted by atomic mass is 10.1. The zero-order chi connectivity index (χ0) is 11.5. The maximum Gasteiger partial charge on any atom is 0.0347 e. The third-order valence-electron chi connectivity index (χ3n) is 3.46. The Morgan fingerprint density at radius 2 is 2.00 bits per heavy atom. The van der Waals surface area contributed by atoms with Gasteiger partial charge in [0, 0.05) is 18.3 Å². The topological polar surface area (TPSA) is 24.1 Å². The first kappa shape index (κ1) is 10.6. The van der Waals surface area contributed by atoms with E-state index in [0.29, 0.717) is 6.04 Å². The summed E-state index contributed by atoms with van der Waals surface area (Å²) < 4.78 is 0. The molecule has 3 rings (SSSR count). The molecule has 1 heterocycles. The molecule has 2 heteroatoms. The third kappa shape index (κ3) is 2.42. The number of anilines is 1. The summed E-state index contributed by atoms with van der Waals surface area (Å²) >= 11 is 0. The van der Waals surface area contributed by atoms with Crippen molar-refractivity contribution in [2.45, 2.75) is 18.9 Å². The summed E-state index contributed by atoms with van der Waals surface area (Å²) in [7, 11) is 0. The molecule has 17 heavy (non-hydrogen) atoms. The van der Waals surface area contributed by atoms with Crippen LogP contribution in [0, 0.1) is 0 Å². The highest BCUT2D eigenvalue weighted by molar-refractivity contribution is 5.85. The van der Waals surface area contributed by atoms with E-state index in [0.717, 1.165) is 6.54 Å². The van der Waals surface area contributed by atoms with E-state index in [1.807, 2.05) is 0 Å². The maximum absolute atomic E-state index is 3.52. The van der Waals surface area contributed by atoms with Crippen LogP contribution in [0.1, 0.15) is 12.8 Å². The van der Waals surface area contributed by atoms with Crippen molar-refractivity contribution >= 4 is 16.5 Å². The van der Waals surface area contributed by atoms with E-state index in [1.54, 1.807) is 0 Å². The molecule has 2 N–H and O–H groups in total. The first-order valence-corrected chi connectivity index (χ1v) is 6.38. The molecule has 1 atom stereocenters. The molecule has 0 saturated carbocycles. The second kappa shape index (κ2) is 4.76. The molecule has 0 bridgehead atoms. The Kier molecular flexibility index (Phi) is 2.97. The van der Waals surface area contributed by atoms with Gasteiger partial charge in [-0.1, -0.05) is 30.3 Å². The molecule has 1 aliphatic heterocycles. The lowest BCUT2D eigenvalue weighted by Gasteiger charge is -2.13. The Hall–Kier alpha value is -1.54. The van der Waals surface area contributed by atoms with Gasteiger partial charge in [0.15, 0.2) is 0 Å². The number of rotatable bonds is 3. The minimum Gasteiger partial charge on any atom is -0.383 e. The van der Waals surface area contributed by atoms with Gasteiger partial charge in [-0.05, 0) is 42.3 Å². The fourth-order valence-corrected chi connectivity index (χ4v) is 2.47. The number of fused-ring (bicyclic) bond motifs is 1. The highest BCUT2D eigenvalue weighted by Gasteiger charge is 2.12. The van der Waals surface area contributed by atoms with E-state index in [4.69, 9.17) is 0 Å². The van der Waals surface area contributed by atoms with Crippen LogP contribution in [-0.4, -0.2) is 19.1 Å². The highest BCUT2D eigenvalue weighted by Crippen LogP contribution is 2.19. The Balaban J connectivity index is 1.72. The molecule has 0 spiro atoms. The molecule has 88 valence electrons. The van der Waals surface area contributed by atoms with Crippen LogP contribution in [0.3, 0.4) is 0 Å². The molecule has 0 aromatic heterocycles. The van der Waals surface area contributed by atoms with Gasteiger partial charge in [0.05, 0.1) is 0 Å². The van der Waals surface area contributed by atoms with E-state index >= 15 is 0 Å². The zero-order valence-corrected chi connectivity index (χ0v) is 9.95. The van der Waals surface area contributed by atoms with Crippen LogP contribution in [0.5, 0.6) is 0 Å². The van der Waals surface area contributed by atoms with Crippen LogP contribution in [0.25, 0.3) is 10.8 Å². The average molecular weight is 226 g/mol. The Labute approximate surface area is 102 Å². The van der Waals surface area contributed by atoms with Gasteiger partial charge in [-0.15, -0.1) is 0 Å².